The largest absolute Gasteiger partial charge is 0.458 e. The lowest BCUT2D eigenvalue weighted by atomic mass is 9.80. The Hall–Kier alpha value is -3.22. The van der Waals surface area contributed by atoms with E-state index in [0.29, 0.717) is 17.5 Å². The van der Waals surface area contributed by atoms with E-state index >= 15 is 0 Å². The second-order valence-corrected chi connectivity index (χ2v) is 11.4. The molecule has 4 atom stereocenters. The Morgan fingerprint density at radius 1 is 1.00 bits per heavy atom. The Balaban J connectivity index is 1.37. The van der Waals surface area contributed by atoms with Gasteiger partial charge in [-0.2, -0.15) is 0 Å². The van der Waals surface area contributed by atoms with E-state index in [0.717, 1.165) is 25.7 Å². The lowest BCUT2D eigenvalue weighted by Crippen LogP contribution is -2.46. The molecule has 0 aromatic heterocycles. The Labute approximate surface area is 225 Å². The van der Waals surface area contributed by atoms with Gasteiger partial charge < -0.3 is 20.5 Å². The van der Waals surface area contributed by atoms with Crippen LogP contribution >= 0.6 is 0 Å². The van der Waals surface area contributed by atoms with E-state index in [-0.39, 0.29) is 6.04 Å². The number of fused-ring (bicyclic) bond motifs is 1. The summed E-state index contributed by atoms with van der Waals surface area (Å²) in [4.78, 5) is 25.0. The third kappa shape index (κ3) is 7.00. The highest BCUT2D eigenvalue weighted by Gasteiger charge is 2.27. The summed E-state index contributed by atoms with van der Waals surface area (Å²) in [7, 11) is 0. The maximum Gasteiger partial charge on any atom is 0.331 e. The van der Waals surface area contributed by atoms with Crippen LogP contribution in [0.4, 0.5) is 0 Å². The SMILES string of the molecule is C[C@@H](N[C@H]1CCC[C@H](c2ccc(C(=O)NC(CO)C(=O)OC(C)(C)C)cc2)C1)c1cccc2ccccc12. The highest BCUT2D eigenvalue weighted by atomic mass is 16.6. The van der Waals surface area contributed by atoms with Crippen LogP contribution < -0.4 is 10.6 Å². The maximum absolute atomic E-state index is 12.7. The molecule has 0 bridgehead atoms. The molecule has 4 rings (SSSR count). The van der Waals surface area contributed by atoms with Gasteiger partial charge in [0.2, 0.25) is 0 Å². The second kappa shape index (κ2) is 12.1. The van der Waals surface area contributed by atoms with Gasteiger partial charge in [-0.25, -0.2) is 4.79 Å². The van der Waals surface area contributed by atoms with E-state index in [1.165, 1.54) is 21.9 Å². The zero-order chi connectivity index (χ0) is 27.3. The lowest BCUT2D eigenvalue weighted by Gasteiger charge is -2.32. The molecular weight excluding hydrogens is 476 g/mol. The molecule has 1 fully saturated rings. The van der Waals surface area contributed by atoms with Gasteiger partial charge in [0.25, 0.3) is 5.91 Å². The zero-order valence-electron chi connectivity index (χ0n) is 22.9. The number of carbonyl (C=O) groups is 2. The van der Waals surface area contributed by atoms with Gasteiger partial charge in [0.05, 0.1) is 6.61 Å². The summed E-state index contributed by atoms with van der Waals surface area (Å²) >= 11 is 0. The van der Waals surface area contributed by atoms with Crippen LogP contribution in [0.1, 0.15) is 86.8 Å². The van der Waals surface area contributed by atoms with Crippen LogP contribution in [0.3, 0.4) is 0 Å². The minimum absolute atomic E-state index is 0.250. The molecule has 38 heavy (non-hydrogen) atoms. The number of hydrogen-bond acceptors (Lipinski definition) is 5. The van der Waals surface area contributed by atoms with Crippen LogP contribution in [0.5, 0.6) is 0 Å². The van der Waals surface area contributed by atoms with E-state index in [9.17, 15) is 14.7 Å². The van der Waals surface area contributed by atoms with Crippen LogP contribution in [0.15, 0.2) is 66.7 Å². The molecule has 0 aliphatic heterocycles. The molecule has 6 heteroatoms. The molecule has 0 heterocycles. The second-order valence-electron chi connectivity index (χ2n) is 11.4. The number of rotatable bonds is 8. The standard InChI is InChI=1S/C32H40N2O4/c1-21(27-14-8-10-23-9-5-6-13-28(23)27)33-26-12-7-11-25(19-26)22-15-17-24(18-16-22)30(36)34-29(20-35)31(37)38-32(2,3)4/h5-6,8-10,13-18,21,25-26,29,33,35H,7,11-12,19-20H2,1-4H3,(H,34,36)/t21-,25+,26+,29?/m1/s1. The van der Waals surface area contributed by atoms with Crippen molar-refractivity contribution in [2.45, 2.75) is 83.0 Å². The first-order chi connectivity index (χ1) is 18.1. The van der Waals surface area contributed by atoms with Gasteiger partial charge in [-0.05, 0) is 86.9 Å². The number of amides is 1. The number of aliphatic hydroxyl groups excluding tert-OH is 1. The number of ether oxygens (including phenoxy) is 1. The number of aliphatic hydroxyl groups is 1. The Kier molecular flexibility index (Phi) is 8.85. The quantitative estimate of drug-likeness (QED) is 0.337. The van der Waals surface area contributed by atoms with E-state index in [1.54, 1.807) is 32.9 Å². The predicted octanol–water partition coefficient (Wildman–Crippen LogP) is 5.65. The first-order valence-corrected chi connectivity index (χ1v) is 13.6. The molecule has 202 valence electrons. The van der Waals surface area contributed by atoms with E-state index in [1.807, 2.05) is 12.1 Å². The maximum atomic E-state index is 12.7. The fraction of sp³-hybridized carbons (Fsp3) is 0.438. The van der Waals surface area contributed by atoms with E-state index < -0.39 is 30.1 Å². The number of hydrogen-bond donors (Lipinski definition) is 3. The van der Waals surface area contributed by atoms with Gasteiger partial charge in [-0.3, -0.25) is 4.79 Å². The monoisotopic (exact) mass is 516 g/mol. The molecule has 0 radical (unpaired) electrons. The molecule has 0 spiro atoms. The van der Waals surface area contributed by atoms with Gasteiger partial charge >= 0.3 is 5.97 Å². The van der Waals surface area contributed by atoms with Crippen molar-refractivity contribution in [3.8, 4) is 0 Å². The van der Waals surface area contributed by atoms with Crippen molar-refractivity contribution in [2.75, 3.05) is 6.61 Å². The summed E-state index contributed by atoms with van der Waals surface area (Å²) in [6.07, 6.45) is 4.48. The number of benzene rings is 3. The summed E-state index contributed by atoms with van der Waals surface area (Å²) in [5, 5.41) is 18.6. The van der Waals surface area contributed by atoms with Crippen molar-refractivity contribution in [1.82, 2.24) is 10.6 Å². The minimum Gasteiger partial charge on any atom is -0.458 e. The summed E-state index contributed by atoms with van der Waals surface area (Å²) < 4.78 is 5.29. The molecule has 1 saturated carbocycles. The molecule has 1 amide bonds. The third-order valence-electron chi connectivity index (χ3n) is 7.27. The van der Waals surface area contributed by atoms with Gasteiger partial charge in [0.1, 0.15) is 5.60 Å². The Morgan fingerprint density at radius 3 is 2.42 bits per heavy atom. The van der Waals surface area contributed by atoms with E-state index in [2.05, 4.69) is 60.0 Å². The number of carbonyl (C=O) groups excluding carboxylic acids is 2. The normalized spacial score (nSPS) is 19.5. The smallest absolute Gasteiger partial charge is 0.331 e. The molecule has 0 saturated heterocycles. The van der Waals surface area contributed by atoms with Crippen LogP contribution in [-0.4, -0.2) is 41.3 Å². The van der Waals surface area contributed by atoms with Gasteiger partial charge in [0.15, 0.2) is 6.04 Å². The highest BCUT2D eigenvalue weighted by molar-refractivity contribution is 5.96. The molecule has 1 aliphatic carbocycles. The summed E-state index contributed by atoms with van der Waals surface area (Å²) in [6.45, 7) is 6.96. The topological polar surface area (TPSA) is 87.7 Å². The Bertz CT molecular complexity index is 1240. The van der Waals surface area contributed by atoms with Crippen molar-refractivity contribution < 1.29 is 19.4 Å². The molecule has 3 aromatic carbocycles. The third-order valence-corrected chi connectivity index (χ3v) is 7.27. The van der Waals surface area contributed by atoms with Crippen molar-refractivity contribution >= 4 is 22.6 Å². The van der Waals surface area contributed by atoms with Crippen molar-refractivity contribution in [3.63, 3.8) is 0 Å². The molecular formula is C32H40N2O4. The van der Waals surface area contributed by atoms with Gasteiger partial charge in [0, 0.05) is 17.6 Å². The molecule has 6 nitrogen and oxygen atoms in total. The van der Waals surface area contributed by atoms with Crippen LogP contribution in [0.2, 0.25) is 0 Å². The van der Waals surface area contributed by atoms with Crippen molar-refractivity contribution in [2.24, 2.45) is 0 Å². The fourth-order valence-corrected chi connectivity index (χ4v) is 5.42. The van der Waals surface area contributed by atoms with Crippen LogP contribution in [0, 0.1) is 0 Å². The first kappa shape index (κ1) is 27.8. The number of esters is 1. The first-order valence-electron chi connectivity index (χ1n) is 13.6. The van der Waals surface area contributed by atoms with Gasteiger partial charge in [-0.15, -0.1) is 0 Å². The average Bonchev–Trinajstić information content (AvgIpc) is 2.90. The summed E-state index contributed by atoms with van der Waals surface area (Å²) in [5.41, 5.74) is 2.30. The van der Waals surface area contributed by atoms with Crippen LogP contribution in [0.25, 0.3) is 10.8 Å². The average molecular weight is 517 g/mol. The van der Waals surface area contributed by atoms with Crippen molar-refractivity contribution in [3.05, 3.63) is 83.4 Å². The van der Waals surface area contributed by atoms with Gasteiger partial charge in [-0.1, -0.05) is 61.0 Å². The molecule has 1 unspecified atom stereocenters. The molecule has 3 aromatic rings. The van der Waals surface area contributed by atoms with E-state index in [4.69, 9.17) is 4.74 Å². The lowest BCUT2D eigenvalue weighted by molar-refractivity contribution is -0.158. The minimum atomic E-state index is -1.10. The van der Waals surface area contributed by atoms with Crippen molar-refractivity contribution in [1.29, 1.82) is 0 Å². The molecule has 1 aliphatic rings. The number of nitrogens with one attached hydrogen (secondary N) is 2. The molecule has 3 N–H and O–H groups in total. The fourth-order valence-electron chi connectivity index (χ4n) is 5.42. The highest BCUT2D eigenvalue weighted by Crippen LogP contribution is 2.34. The van der Waals surface area contributed by atoms with Crippen LogP contribution in [-0.2, 0) is 9.53 Å². The summed E-state index contributed by atoms with van der Waals surface area (Å²) in [6, 6.07) is 22.2. The zero-order valence-corrected chi connectivity index (χ0v) is 22.9. The predicted molar refractivity (Wildman–Crippen MR) is 151 cm³/mol. The summed E-state index contributed by atoms with van der Waals surface area (Å²) in [5.74, 6) is -0.637. The Morgan fingerprint density at radius 2 is 1.71 bits per heavy atom.